The minimum atomic E-state index is -4.83. The van der Waals surface area contributed by atoms with E-state index in [4.69, 9.17) is 0 Å². The Balaban J connectivity index is 1.86. The van der Waals surface area contributed by atoms with E-state index in [1.807, 2.05) is 0 Å². The Hall–Kier alpha value is -2.88. The van der Waals surface area contributed by atoms with Crippen LogP contribution in [0.25, 0.3) is 0 Å². The molecule has 0 fully saturated rings. The number of aryl methyl sites for hydroxylation is 1. The Morgan fingerprint density at radius 1 is 1.21 bits per heavy atom. The van der Waals surface area contributed by atoms with Gasteiger partial charge in [-0.3, -0.25) is 14.4 Å². The molecule has 2 heterocycles. The summed E-state index contributed by atoms with van der Waals surface area (Å²) in [5.41, 5.74) is 1.24. The van der Waals surface area contributed by atoms with Gasteiger partial charge in [0, 0.05) is 19.8 Å². The molecular weight excluding hydrogens is 397 g/mol. The van der Waals surface area contributed by atoms with Gasteiger partial charge >= 0.3 is 6.36 Å². The zero-order chi connectivity index (χ0) is 20.8. The largest absolute Gasteiger partial charge is 0.573 e. The number of hydrogen-bond acceptors (Lipinski definition) is 5. The number of Topliss-reactive ketones (excluding diaryl/α,β-unsaturated/α-hetero) is 1. The Morgan fingerprint density at radius 2 is 1.82 bits per heavy atom. The van der Waals surface area contributed by atoms with Gasteiger partial charge in [0.15, 0.2) is 11.7 Å². The molecule has 0 saturated carbocycles. The van der Waals surface area contributed by atoms with Crippen LogP contribution in [0.2, 0.25) is 0 Å². The lowest BCUT2D eigenvalue weighted by Gasteiger charge is -2.30. The van der Waals surface area contributed by atoms with Gasteiger partial charge in [-0.1, -0.05) is 0 Å². The number of nitrogens with zero attached hydrogens (tertiary/aromatic N) is 2. The first-order valence-electron chi connectivity index (χ1n) is 8.04. The Kier molecular flexibility index (Phi) is 4.92. The highest BCUT2D eigenvalue weighted by atomic mass is 32.1. The third-order valence-electron chi connectivity index (χ3n) is 4.38. The average molecular weight is 412 g/mol. The monoisotopic (exact) mass is 412 g/mol. The third kappa shape index (κ3) is 3.47. The molecule has 6 nitrogen and oxygen atoms in total. The number of carbonyl (C=O) groups excluding carboxylic acids is 3. The number of anilines is 2. The van der Waals surface area contributed by atoms with Crippen LogP contribution in [0.1, 0.15) is 15.9 Å². The molecule has 148 valence electrons. The molecule has 0 radical (unpaired) electrons. The van der Waals surface area contributed by atoms with Gasteiger partial charge in [-0.25, -0.2) is 0 Å². The summed E-state index contributed by atoms with van der Waals surface area (Å²) in [7, 11) is 2.84. The molecule has 1 atom stereocenters. The van der Waals surface area contributed by atoms with Crippen molar-refractivity contribution >= 4 is 39.6 Å². The van der Waals surface area contributed by atoms with Crippen LogP contribution in [0.15, 0.2) is 29.6 Å². The maximum atomic E-state index is 12.9. The molecule has 2 amide bonds. The molecule has 0 saturated heterocycles. The molecule has 1 aliphatic heterocycles. The summed E-state index contributed by atoms with van der Waals surface area (Å²) in [5.74, 6) is -3.97. The maximum Gasteiger partial charge on any atom is 0.573 e. The summed E-state index contributed by atoms with van der Waals surface area (Å²) in [5, 5.41) is 2.23. The number of carbonyl (C=O) groups is 3. The van der Waals surface area contributed by atoms with Crippen LogP contribution in [0.5, 0.6) is 5.75 Å². The number of alkyl halides is 3. The molecule has 0 aliphatic carbocycles. The van der Waals surface area contributed by atoms with E-state index < -0.39 is 35.6 Å². The quantitative estimate of drug-likeness (QED) is 0.725. The molecule has 1 aromatic heterocycles. The highest BCUT2D eigenvalue weighted by Crippen LogP contribution is 2.38. The van der Waals surface area contributed by atoms with Crippen LogP contribution in [0, 0.1) is 12.8 Å². The number of ketones is 1. The predicted molar refractivity (Wildman–Crippen MR) is 96.8 cm³/mol. The van der Waals surface area contributed by atoms with Crippen molar-refractivity contribution in [2.45, 2.75) is 13.3 Å². The van der Waals surface area contributed by atoms with Crippen LogP contribution in [0.3, 0.4) is 0 Å². The average Bonchev–Trinajstić information content (AvgIpc) is 3.00. The zero-order valence-corrected chi connectivity index (χ0v) is 15.9. The smallest absolute Gasteiger partial charge is 0.406 e. The Morgan fingerprint density at radius 3 is 2.39 bits per heavy atom. The van der Waals surface area contributed by atoms with Crippen LogP contribution < -0.4 is 14.5 Å². The number of ether oxygens (including phenoxy) is 1. The van der Waals surface area contributed by atoms with Crippen molar-refractivity contribution in [1.82, 2.24) is 0 Å². The number of halogens is 3. The Labute approximate surface area is 162 Å². The number of thiophene rings is 1. The van der Waals surface area contributed by atoms with Crippen LogP contribution in [0.4, 0.5) is 23.9 Å². The Bertz CT molecular complexity index is 953. The minimum absolute atomic E-state index is 0.218. The zero-order valence-electron chi connectivity index (χ0n) is 15.0. The SMILES string of the molecule is Cc1csc2c1C(=O)C(C(=O)N(C)c1ccc(OC(F)(F)F)cc1)C(=O)N2C. The fourth-order valence-corrected chi connectivity index (χ4v) is 3.97. The number of rotatable bonds is 3. The van der Waals surface area contributed by atoms with Crippen molar-refractivity contribution in [3.8, 4) is 5.75 Å². The molecule has 1 aromatic carbocycles. The first-order valence-corrected chi connectivity index (χ1v) is 8.92. The van der Waals surface area contributed by atoms with Crippen LogP contribution in [-0.2, 0) is 9.59 Å². The summed E-state index contributed by atoms with van der Waals surface area (Å²) in [6.07, 6.45) is -4.83. The highest BCUT2D eigenvalue weighted by Gasteiger charge is 2.45. The van der Waals surface area contributed by atoms with E-state index >= 15 is 0 Å². The van der Waals surface area contributed by atoms with E-state index in [9.17, 15) is 27.6 Å². The van der Waals surface area contributed by atoms with Gasteiger partial charge in [0.2, 0.25) is 11.8 Å². The van der Waals surface area contributed by atoms with Crippen molar-refractivity contribution < 1.29 is 32.3 Å². The first kappa shape index (κ1) is 19.9. The van der Waals surface area contributed by atoms with Gasteiger partial charge in [0.1, 0.15) is 10.8 Å². The van der Waals surface area contributed by atoms with Gasteiger partial charge in [0.25, 0.3) is 0 Å². The third-order valence-corrected chi connectivity index (χ3v) is 5.55. The van der Waals surface area contributed by atoms with Crippen molar-refractivity contribution in [3.05, 3.63) is 40.8 Å². The van der Waals surface area contributed by atoms with Crippen molar-refractivity contribution in [2.75, 3.05) is 23.9 Å². The normalized spacial score (nSPS) is 16.8. The number of benzene rings is 1. The topological polar surface area (TPSA) is 66.9 Å². The van der Waals surface area contributed by atoms with Crippen LogP contribution in [-0.4, -0.2) is 38.1 Å². The van der Waals surface area contributed by atoms with Crippen molar-refractivity contribution in [3.63, 3.8) is 0 Å². The van der Waals surface area contributed by atoms with E-state index in [-0.39, 0.29) is 5.69 Å². The van der Waals surface area contributed by atoms with Crippen LogP contribution >= 0.6 is 11.3 Å². The lowest BCUT2D eigenvalue weighted by atomic mass is 9.90. The van der Waals surface area contributed by atoms with Crippen molar-refractivity contribution in [2.24, 2.45) is 5.92 Å². The molecule has 1 unspecified atom stereocenters. The number of hydrogen-bond donors (Lipinski definition) is 0. The summed E-state index contributed by atoms with van der Waals surface area (Å²) < 4.78 is 40.6. The predicted octanol–water partition coefficient (Wildman–Crippen LogP) is 3.39. The maximum absolute atomic E-state index is 12.9. The summed E-state index contributed by atoms with van der Waals surface area (Å²) >= 11 is 1.25. The molecule has 0 bridgehead atoms. The molecular formula is C18H15F3N2O4S. The molecule has 1 aliphatic rings. The molecule has 0 N–H and O–H groups in total. The molecule has 10 heteroatoms. The van der Waals surface area contributed by atoms with Gasteiger partial charge in [-0.2, -0.15) is 0 Å². The van der Waals surface area contributed by atoms with Gasteiger partial charge in [-0.05, 0) is 42.1 Å². The number of fused-ring (bicyclic) bond motifs is 1. The van der Waals surface area contributed by atoms with E-state index in [2.05, 4.69) is 4.74 Å². The van der Waals surface area contributed by atoms with Gasteiger partial charge in [0.05, 0.1) is 5.56 Å². The van der Waals surface area contributed by atoms with E-state index in [0.717, 1.165) is 17.0 Å². The van der Waals surface area contributed by atoms with Gasteiger partial charge in [-0.15, -0.1) is 24.5 Å². The summed E-state index contributed by atoms with van der Waals surface area (Å²) in [6, 6.07) is 4.57. The fraction of sp³-hybridized carbons (Fsp3) is 0.278. The molecule has 3 rings (SSSR count). The van der Waals surface area contributed by atoms with E-state index in [1.54, 1.807) is 12.3 Å². The second-order valence-electron chi connectivity index (χ2n) is 6.23. The lowest BCUT2D eigenvalue weighted by molar-refractivity contribution is -0.274. The molecule has 0 spiro atoms. The summed E-state index contributed by atoms with van der Waals surface area (Å²) in [6.45, 7) is 1.72. The minimum Gasteiger partial charge on any atom is -0.406 e. The standard InChI is InChI=1S/C18H15F3N2O4S/c1-9-8-28-17-12(9)14(24)13(16(26)23(17)3)15(25)22(2)10-4-6-11(7-5-10)27-18(19,20)21/h4-8,13H,1-3H3. The lowest BCUT2D eigenvalue weighted by Crippen LogP contribution is -2.50. The highest BCUT2D eigenvalue weighted by molar-refractivity contribution is 7.15. The second kappa shape index (κ2) is 6.93. The molecule has 2 aromatic rings. The first-order chi connectivity index (χ1) is 13.0. The summed E-state index contributed by atoms with van der Waals surface area (Å²) in [4.78, 5) is 40.6. The van der Waals surface area contributed by atoms with Gasteiger partial charge < -0.3 is 14.5 Å². The number of amides is 2. The van der Waals surface area contributed by atoms with E-state index in [1.165, 1.54) is 42.5 Å². The second-order valence-corrected chi connectivity index (χ2v) is 7.09. The molecule has 28 heavy (non-hydrogen) atoms. The fourth-order valence-electron chi connectivity index (χ4n) is 2.94. The van der Waals surface area contributed by atoms with Crippen molar-refractivity contribution in [1.29, 1.82) is 0 Å². The van der Waals surface area contributed by atoms with E-state index in [0.29, 0.717) is 16.1 Å².